The molecule has 1 atom stereocenters. The summed E-state index contributed by atoms with van der Waals surface area (Å²) in [5, 5.41) is 12.7. The highest BCUT2D eigenvalue weighted by atomic mass is 16.2. The largest absolute Gasteiger partial charge is 0.366 e. The minimum atomic E-state index is -0.309. The Balaban J connectivity index is 1.80. The summed E-state index contributed by atoms with van der Waals surface area (Å²) in [6.45, 7) is 7.08. The summed E-state index contributed by atoms with van der Waals surface area (Å²) < 4.78 is 1.41. The number of carbonyl (C=O) groups is 1. The van der Waals surface area contributed by atoms with E-state index >= 15 is 0 Å². The molecule has 2 aliphatic heterocycles. The van der Waals surface area contributed by atoms with E-state index in [2.05, 4.69) is 11.9 Å². The van der Waals surface area contributed by atoms with Gasteiger partial charge in [-0.2, -0.15) is 5.26 Å². The van der Waals surface area contributed by atoms with E-state index in [-0.39, 0.29) is 23.1 Å². The second-order valence-corrected chi connectivity index (χ2v) is 6.50. The molecular formula is C18H23N5O2. The molecule has 0 spiro atoms. The van der Waals surface area contributed by atoms with E-state index in [9.17, 15) is 14.9 Å². The van der Waals surface area contributed by atoms with Crippen molar-refractivity contribution >= 4 is 17.7 Å². The van der Waals surface area contributed by atoms with E-state index in [4.69, 9.17) is 0 Å². The molecule has 1 amide bonds. The number of rotatable bonds is 3. The number of pyridine rings is 1. The predicted octanol–water partition coefficient (Wildman–Crippen LogP) is 0.301. The normalized spacial score (nSPS) is 20.4. The number of anilines is 1. The summed E-state index contributed by atoms with van der Waals surface area (Å²) in [4.78, 5) is 28.7. The van der Waals surface area contributed by atoms with Gasteiger partial charge in [0.25, 0.3) is 5.56 Å². The van der Waals surface area contributed by atoms with Crippen LogP contribution in [-0.2, 0) is 11.8 Å². The molecule has 2 saturated heterocycles. The summed E-state index contributed by atoms with van der Waals surface area (Å²) in [6.07, 6.45) is 5.30. The molecule has 7 nitrogen and oxygen atoms in total. The van der Waals surface area contributed by atoms with Gasteiger partial charge in [0, 0.05) is 45.0 Å². The maximum Gasteiger partial charge on any atom is 0.270 e. The molecule has 0 bridgehead atoms. The van der Waals surface area contributed by atoms with E-state index in [0.29, 0.717) is 31.9 Å². The van der Waals surface area contributed by atoms with E-state index in [1.54, 1.807) is 19.3 Å². The number of hydrogen-bond acceptors (Lipinski definition) is 5. The summed E-state index contributed by atoms with van der Waals surface area (Å²) in [5.41, 5.74) is 1.22. The lowest BCUT2D eigenvalue weighted by molar-refractivity contribution is -0.133. The molecule has 1 aromatic rings. The third-order valence-corrected chi connectivity index (χ3v) is 4.97. The van der Waals surface area contributed by atoms with Crippen molar-refractivity contribution in [2.24, 2.45) is 7.05 Å². The summed E-state index contributed by atoms with van der Waals surface area (Å²) >= 11 is 0. The molecule has 7 heteroatoms. The number of carbonyl (C=O) groups excluding carboxylic acids is 1. The van der Waals surface area contributed by atoms with E-state index in [0.717, 1.165) is 24.9 Å². The van der Waals surface area contributed by atoms with Gasteiger partial charge in [-0.3, -0.25) is 9.59 Å². The van der Waals surface area contributed by atoms with Gasteiger partial charge < -0.3 is 19.7 Å². The first kappa shape index (κ1) is 17.2. The molecule has 3 rings (SSSR count). The summed E-state index contributed by atoms with van der Waals surface area (Å²) in [6, 6.07) is 1.98. The summed E-state index contributed by atoms with van der Waals surface area (Å²) in [7, 11) is 1.63. The molecule has 0 radical (unpaired) electrons. The van der Waals surface area contributed by atoms with Crippen LogP contribution in [0.1, 0.15) is 24.0 Å². The number of nitrogens with zero attached hydrogens (tertiary/aromatic N) is 4. The van der Waals surface area contributed by atoms with Crippen molar-refractivity contribution in [2.45, 2.75) is 18.9 Å². The van der Waals surface area contributed by atoms with Crippen molar-refractivity contribution in [3.8, 4) is 6.07 Å². The SMILES string of the molecule is C=Cc1cn(C)c(=O)c(C#N)c1N1CCN(C(=O)C2CCCN2)CC1. The van der Waals surface area contributed by atoms with Crippen molar-refractivity contribution in [1.82, 2.24) is 14.8 Å². The van der Waals surface area contributed by atoms with Crippen molar-refractivity contribution in [3.05, 3.63) is 34.3 Å². The Morgan fingerprint density at radius 2 is 2.12 bits per heavy atom. The molecule has 2 aliphatic rings. The summed E-state index contributed by atoms with van der Waals surface area (Å²) in [5.74, 6) is 0.158. The zero-order valence-electron chi connectivity index (χ0n) is 14.5. The Labute approximate surface area is 147 Å². The average Bonchev–Trinajstić information content (AvgIpc) is 3.17. The Bertz CT molecular complexity index is 778. The Morgan fingerprint density at radius 3 is 2.68 bits per heavy atom. The van der Waals surface area contributed by atoms with Crippen molar-refractivity contribution in [1.29, 1.82) is 5.26 Å². The number of aryl methyl sites for hydroxylation is 1. The minimum Gasteiger partial charge on any atom is -0.366 e. The fourth-order valence-electron chi connectivity index (χ4n) is 3.61. The van der Waals surface area contributed by atoms with Crippen molar-refractivity contribution in [3.63, 3.8) is 0 Å². The third kappa shape index (κ3) is 3.17. The van der Waals surface area contributed by atoms with E-state index < -0.39 is 0 Å². The Morgan fingerprint density at radius 1 is 1.40 bits per heavy atom. The van der Waals surface area contributed by atoms with Crippen molar-refractivity contribution in [2.75, 3.05) is 37.6 Å². The zero-order chi connectivity index (χ0) is 18.0. The first-order valence-corrected chi connectivity index (χ1v) is 8.60. The quantitative estimate of drug-likeness (QED) is 0.855. The highest BCUT2D eigenvalue weighted by Gasteiger charge is 2.30. The van der Waals surface area contributed by atoms with Gasteiger partial charge in [0.15, 0.2) is 0 Å². The molecular weight excluding hydrogens is 318 g/mol. The van der Waals surface area contributed by atoms with E-state index in [1.807, 2.05) is 15.9 Å². The highest BCUT2D eigenvalue weighted by Crippen LogP contribution is 2.25. The lowest BCUT2D eigenvalue weighted by atomic mass is 10.1. The first-order chi connectivity index (χ1) is 12.1. The van der Waals surface area contributed by atoms with Crippen LogP contribution in [0.15, 0.2) is 17.6 Å². The molecule has 2 fully saturated rings. The van der Waals surface area contributed by atoms with Gasteiger partial charge in [-0.25, -0.2) is 0 Å². The van der Waals surface area contributed by atoms with Gasteiger partial charge >= 0.3 is 0 Å². The molecule has 1 N–H and O–H groups in total. The molecule has 132 valence electrons. The zero-order valence-corrected chi connectivity index (χ0v) is 14.5. The van der Waals surface area contributed by atoms with Crippen LogP contribution in [0.5, 0.6) is 0 Å². The van der Waals surface area contributed by atoms with E-state index in [1.165, 1.54) is 4.57 Å². The molecule has 0 aromatic carbocycles. The number of hydrogen-bond donors (Lipinski definition) is 1. The lowest BCUT2D eigenvalue weighted by Gasteiger charge is -2.38. The lowest BCUT2D eigenvalue weighted by Crippen LogP contribution is -2.53. The Hall–Kier alpha value is -2.59. The number of nitrogens with one attached hydrogen (secondary N) is 1. The molecule has 25 heavy (non-hydrogen) atoms. The Kier molecular flexibility index (Phi) is 4.91. The smallest absolute Gasteiger partial charge is 0.270 e. The second kappa shape index (κ2) is 7.11. The molecule has 0 aliphatic carbocycles. The van der Waals surface area contributed by atoms with Gasteiger partial charge in [0.05, 0.1) is 11.7 Å². The maximum atomic E-state index is 12.5. The number of piperazine rings is 1. The molecule has 1 unspecified atom stereocenters. The fraction of sp³-hybridized carbons (Fsp3) is 0.500. The van der Waals surface area contributed by atoms with Crippen LogP contribution in [0.4, 0.5) is 5.69 Å². The maximum absolute atomic E-state index is 12.5. The predicted molar refractivity (Wildman–Crippen MR) is 96.3 cm³/mol. The third-order valence-electron chi connectivity index (χ3n) is 4.97. The van der Waals surface area contributed by atoms with Crippen LogP contribution in [-0.4, -0.2) is 54.1 Å². The fourth-order valence-corrected chi connectivity index (χ4v) is 3.61. The van der Waals surface area contributed by atoms with Gasteiger partial charge in [0.1, 0.15) is 11.6 Å². The average molecular weight is 341 g/mol. The van der Waals surface area contributed by atoms with Crippen LogP contribution in [0.25, 0.3) is 6.08 Å². The minimum absolute atomic E-state index is 0.0611. The van der Waals surface area contributed by atoms with Gasteiger partial charge in [-0.15, -0.1) is 0 Å². The van der Waals surface area contributed by atoms with Gasteiger partial charge in [-0.05, 0) is 19.4 Å². The first-order valence-electron chi connectivity index (χ1n) is 8.60. The number of aromatic nitrogens is 1. The number of nitriles is 1. The van der Waals surface area contributed by atoms with Crippen LogP contribution in [0.2, 0.25) is 0 Å². The molecule has 1 aromatic heterocycles. The monoisotopic (exact) mass is 341 g/mol. The topological polar surface area (TPSA) is 81.4 Å². The molecule has 0 saturated carbocycles. The second-order valence-electron chi connectivity index (χ2n) is 6.50. The van der Waals surface area contributed by atoms with Crippen LogP contribution < -0.4 is 15.8 Å². The highest BCUT2D eigenvalue weighted by molar-refractivity contribution is 5.82. The van der Waals surface area contributed by atoms with Crippen molar-refractivity contribution < 1.29 is 4.79 Å². The molecule has 3 heterocycles. The van der Waals surface area contributed by atoms with Crippen LogP contribution in [0.3, 0.4) is 0 Å². The van der Waals surface area contributed by atoms with Gasteiger partial charge in [-0.1, -0.05) is 12.7 Å². The standard InChI is InChI=1S/C18H23N5O2/c1-3-13-12-21(2)17(24)14(11-19)16(13)22-7-9-23(10-8-22)18(25)15-5-4-6-20-15/h3,12,15,20H,1,4-10H2,2H3. The number of amides is 1. The van der Waals surface area contributed by atoms with Gasteiger partial charge in [0.2, 0.25) is 5.91 Å². The van der Waals surface area contributed by atoms with Crippen LogP contribution in [0, 0.1) is 11.3 Å². The van der Waals surface area contributed by atoms with Crippen LogP contribution >= 0.6 is 0 Å².